The van der Waals surface area contributed by atoms with Crippen molar-refractivity contribution in [2.75, 3.05) is 5.32 Å². The van der Waals surface area contributed by atoms with E-state index in [9.17, 15) is 0 Å². The molecule has 118 valence electrons. The van der Waals surface area contributed by atoms with E-state index in [4.69, 9.17) is 0 Å². The third-order valence-corrected chi connectivity index (χ3v) is 5.00. The Kier molecular flexibility index (Phi) is 5.72. The molecule has 1 nitrogen and oxygen atoms in total. The van der Waals surface area contributed by atoms with E-state index in [1.54, 1.807) is 0 Å². The topological polar surface area (TPSA) is 12.0 Å². The van der Waals surface area contributed by atoms with Gasteiger partial charge in [-0.15, -0.1) is 0 Å². The summed E-state index contributed by atoms with van der Waals surface area (Å²) < 4.78 is 0. The number of benzene rings is 1. The van der Waals surface area contributed by atoms with E-state index in [1.807, 2.05) is 0 Å². The fourth-order valence-corrected chi connectivity index (χ4v) is 3.70. The predicted molar refractivity (Wildman–Crippen MR) is 93.9 cm³/mol. The van der Waals surface area contributed by atoms with Crippen LogP contribution in [0.2, 0.25) is 0 Å². The summed E-state index contributed by atoms with van der Waals surface area (Å²) in [6, 6.07) is 9.79. The lowest BCUT2D eigenvalue weighted by atomic mass is 9.69. The third kappa shape index (κ3) is 4.76. The summed E-state index contributed by atoms with van der Waals surface area (Å²) in [6.45, 7) is 9.44. The van der Waals surface area contributed by atoms with Gasteiger partial charge in [0, 0.05) is 11.7 Å². The second-order valence-electron chi connectivity index (χ2n) is 7.81. The Morgan fingerprint density at radius 2 is 1.71 bits per heavy atom. The van der Waals surface area contributed by atoms with Gasteiger partial charge in [0.25, 0.3) is 0 Å². The summed E-state index contributed by atoms with van der Waals surface area (Å²) in [7, 11) is 0. The zero-order valence-corrected chi connectivity index (χ0v) is 14.4. The van der Waals surface area contributed by atoms with E-state index in [2.05, 4.69) is 57.3 Å². The van der Waals surface area contributed by atoms with Gasteiger partial charge in [-0.2, -0.15) is 0 Å². The summed E-state index contributed by atoms with van der Waals surface area (Å²) in [6.07, 6.45) is 9.24. The van der Waals surface area contributed by atoms with Crippen LogP contribution in [-0.4, -0.2) is 6.04 Å². The summed E-state index contributed by atoms with van der Waals surface area (Å²) in [5, 5.41) is 3.82. The van der Waals surface area contributed by atoms with Crippen molar-refractivity contribution in [3.05, 3.63) is 29.8 Å². The van der Waals surface area contributed by atoms with Crippen molar-refractivity contribution >= 4 is 5.69 Å². The van der Waals surface area contributed by atoms with Gasteiger partial charge in [-0.25, -0.2) is 0 Å². The number of hydrogen-bond donors (Lipinski definition) is 1. The molecular weight excluding hydrogens is 254 g/mol. The van der Waals surface area contributed by atoms with Crippen LogP contribution in [0.15, 0.2) is 24.3 Å². The van der Waals surface area contributed by atoms with Crippen molar-refractivity contribution < 1.29 is 0 Å². The molecule has 0 aromatic heterocycles. The lowest BCUT2D eigenvalue weighted by molar-refractivity contribution is 0.163. The number of hydrogen-bond acceptors (Lipinski definition) is 1. The first-order valence-electron chi connectivity index (χ1n) is 8.86. The Balaban J connectivity index is 1.98. The molecule has 1 aromatic rings. The maximum atomic E-state index is 3.82. The maximum Gasteiger partial charge on any atom is 0.0342 e. The van der Waals surface area contributed by atoms with E-state index < -0.39 is 0 Å². The monoisotopic (exact) mass is 287 g/mol. The van der Waals surface area contributed by atoms with Crippen LogP contribution in [0.4, 0.5) is 5.69 Å². The first-order chi connectivity index (χ1) is 10.0. The largest absolute Gasteiger partial charge is 0.382 e. The molecule has 0 saturated heterocycles. The highest BCUT2D eigenvalue weighted by molar-refractivity contribution is 5.45. The minimum Gasteiger partial charge on any atom is -0.382 e. The Labute approximate surface area is 131 Å². The van der Waals surface area contributed by atoms with Crippen LogP contribution in [0.5, 0.6) is 0 Å². The van der Waals surface area contributed by atoms with Gasteiger partial charge in [-0.3, -0.25) is 0 Å². The summed E-state index contributed by atoms with van der Waals surface area (Å²) >= 11 is 0. The molecule has 0 radical (unpaired) electrons. The molecule has 2 atom stereocenters. The molecule has 1 aliphatic carbocycles. The van der Waals surface area contributed by atoms with Crippen LogP contribution in [0.3, 0.4) is 0 Å². The fourth-order valence-electron chi connectivity index (χ4n) is 3.70. The molecule has 0 heterocycles. The molecule has 21 heavy (non-hydrogen) atoms. The average Bonchev–Trinajstić information content (AvgIpc) is 2.46. The van der Waals surface area contributed by atoms with Gasteiger partial charge >= 0.3 is 0 Å². The molecule has 1 aromatic carbocycles. The molecule has 0 aliphatic heterocycles. The van der Waals surface area contributed by atoms with E-state index in [1.165, 1.54) is 56.2 Å². The first-order valence-corrected chi connectivity index (χ1v) is 8.86. The summed E-state index contributed by atoms with van der Waals surface area (Å²) in [5.41, 5.74) is 3.17. The number of aryl methyl sites for hydroxylation is 1. The molecule has 1 N–H and O–H groups in total. The highest BCUT2D eigenvalue weighted by Crippen LogP contribution is 2.39. The normalized spacial score (nSPS) is 23.0. The van der Waals surface area contributed by atoms with Gasteiger partial charge in [-0.1, -0.05) is 59.1 Å². The molecular formula is C20H33N. The van der Waals surface area contributed by atoms with Gasteiger partial charge in [0.1, 0.15) is 0 Å². The second kappa shape index (κ2) is 7.33. The van der Waals surface area contributed by atoms with Crippen LogP contribution < -0.4 is 5.32 Å². The molecule has 2 unspecified atom stereocenters. The standard InChI is InChI=1S/C20H33N/c1-5-6-9-16-12-14-17(15-13-16)21-19-11-8-7-10-18(19)20(2,3)4/h12-15,18-19,21H,5-11H2,1-4H3. The minimum absolute atomic E-state index is 0.402. The van der Waals surface area contributed by atoms with Crippen LogP contribution in [0.1, 0.15) is 71.8 Å². The van der Waals surface area contributed by atoms with Crippen molar-refractivity contribution in [3.8, 4) is 0 Å². The maximum absolute atomic E-state index is 3.82. The van der Waals surface area contributed by atoms with Gasteiger partial charge in [0.2, 0.25) is 0 Å². The highest BCUT2D eigenvalue weighted by atomic mass is 14.9. The third-order valence-electron chi connectivity index (χ3n) is 5.00. The lowest BCUT2D eigenvalue weighted by Gasteiger charge is -2.41. The first kappa shape index (κ1) is 16.4. The lowest BCUT2D eigenvalue weighted by Crippen LogP contribution is -2.39. The van der Waals surface area contributed by atoms with Crippen molar-refractivity contribution in [2.24, 2.45) is 11.3 Å². The van der Waals surface area contributed by atoms with Crippen LogP contribution >= 0.6 is 0 Å². The van der Waals surface area contributed by atoms with Crippen molar-refractivity contribution in [3.63, 3.8) is 0 Å². The summed E-state index contributed by atoms with van der Waals surface area (Å²) in [5.74, 6) is 0.783. The molecule has 0 bridgehead atoms. The minimum atomic E-state index is 0.402. The number of anilines is 1. The van der Waals surface area contributed by atoms with E-state index >= 15 is 0 Å². The Bertz CT molecular complexity index is 412. The second-order valence-corrected chi connectivity index (χ2v) is 7.81. The molecule has 2 rings (SSSR count). The van der Waals surface area contributed by atoms with Crippen LogP contribution in [-0.2, 0) is 6.42 Å². The Morgan fingerprint density at radius 3 is 2.33 bits per heavy atom. The Hall–Kier alpha value is -0.980. The van der Waals surface area contributed by atoms with Gasteiger partial charge in [0.15, 0.2) is 0 Å². The van der Waals surface area contributed by atoms with Crippen molar-refractivity contribution in [1.82, 2.24) is 0 Å². The molecule has 0 amide bonds. The smallest absolute Gasteiger partial charge is 0.0342 e. The van der Waals surface area contributed by atoms with E-state index in [0.717, 1.165) is 5.92 Å². The number of unbranched alkanes of at least 4 members (excludes halogenated alkanes) is 1. The molecule has 0 spiro atoms. The van der Waals surface area contributed by atoms with Crippen LogP contribution in [0.25, 0.3) is 0 Å². The van der Waals surface area contributed by atoms with E-state index in [-0.39, 0.29) is 0 Å². The van der Waals surface area contributed by atoms with Crippen LogP contribution in [0, 0.1) is 11.3 Å². The van der Waals surface area contributed by atoms with Gasteiger partial charge < -0.3 is 5.32 Å². The van der Waals surface area contributed by atoms with Gasteiger partial charge in [0.05, 0.1) is 0 Å². The van der Waals surface area contributed by atoms with E-state index in [0.29, 0.717) is 11.5 Å². The number of nitrogens with one attached hydrogen (secondary N) is 1. The fraction of sp³-hybridized carbons (Fsp3) is 0.700. The quantitative estimate of drug-likeness (QED) is 0.695. The highest BCUT2D eigenvalue weighted by Gasteiger charge is 2.33. The molecule has 1 saturated carbocycles. The van der Waals surface area contributed by atoms with Gasteiger partial charge in [-0.05, 0) is 54.7 Å². The molecule has 1 heteroatoms. The summed E-state index contributed by atoms with van der Waals surface area (Å²) in [4.78, 5) is 0. The number of rotatable bonds is 5. The Morgan fingerprint density at radius 1 is 1.05 bits per heavy atom. The zero-order chi connectivity index (χ0) is 15.3. The van der Waals surface area contributed by atoms with Crippen molar-refractivity contribution in [1.29, 1.82) is 0 Å². The predicted octanol–water partition coefficient (Wildman–Crippen LogP) is 6.05. The molecule has 1 aliphatic rings. The molecule has 1 fully saturated rings. The zero-order valence-electron chi connectivity index (χ0n) is 14.4. The SMILES string of the molecule is CCCCc1ccc(NC2CCCCC2C(C)(C)C)cc1. The average molecular weight is 287 g/mol. The van der Waals surface area contributed by atoms with Crippen molar-refractivity contribution in [2.45, 2.75) is 78.7 Å².